The van der Waals surface area contributed by atoms with Crippen LogP contribution in [0.2, 0.25) is 0 Å². The number of aryl methyl sites for hydroxylation is 1. The molecule has 1 aliphatic carbocycles. The third kappa shape index (κ3) is 3.60. The maximum atomic E-state index is 13.3. The molecule has 1 aliphatic rings. The van der Waals surface area contributed by atoms with Crippen molar-refractivity contribution in [1.29, 1.82) is 0 Å². The summed E-state index contributed by atoms with van der Waals surface area (Å²) in [5, 5.41) is 3.05. The van der Waals surface area contributed by atoms with E-state index in [1.165, 1.54) is 24.3 Å². The number of rotatable bonds is 5. The van der Waals surface area contributed by atoms with Gasteiger partial charge < -0.3 is 9.88 Å². The number of amides is 1. The van der Waals surface area contributed by atoms with Gasteiger partial charge in [-0.1, -0.05) is 24.3 Å². The lowest BCUT2D eigenvalue weighted by Crippen LogP contribution is -2.32. The zero-order valence-corrected chi connectivity index (χ0v) is 14.8. The van der Waals surface area contributed by atoms with Gasteiger partial charge in [0.25, 0.3) is 0 Å². The van der Waals surface area contributed by atoms with Gasteiger partial charge in [0, 0.05) is 25.4 Å². The van der Waals surface area contributed by atoms with E-state index in [4.69, 9.17) is 0 Å². The molecule has 3 atom stereocenters. The number of halogens is 2. The van der Waals surface area contributed by atoms with Gasteiger partial charge >= 0.3 is 0 Å². The molecule has 4 rings (SSSR count). The number of nitrogens with one attached hydrogen (secondary N) is 1. The van der Waals surface area contributed by atoms with E-state index in [0.29, 0.717) is 5.82 Å². The first-order valence-electron chi connectivity index (χ1n) is 8.81. The molecular weight excluding hydrogens is 348 g/mol. The van der Waals surface area contributed by atoms with Crippen LogP contribution in [0.5, 0.6) is 0 Å². The lowest BCUT2D eigenvalue weighted by molar-refractivity contribution is -0.123. The van der Waals surface area contributed by atoms with Crippen molar-refractivity contribution < 1.29 is 13.6 Å². The Morgan fingerprint density at radius 1 is 1.11 bits per heavy atom. The average Bonchev–Trinajstić information content (AvgIpc) is 3.35. The molecule has 1 heterocycles. The SMILES string of the molecule is Cn1ccnc1[C@H](NC(=O)[C@@H]1C[C@H]1c1ccc(F)cc1)c1ccc(F)cc1. The minimum absolute atomic E-state index is 0.0818. The predicted molar refractivity (Wildman–Crippen MR) is 96.8 cm³/mol. The van der Waals surface area contributed by atoms with Crippen LogP contribution in [0.25, 0.3) is 0 Å². The van der Waals surface area contributed by atoms with Crippen molar-refractivity contribution in [2.24, 2.45) is 13.0 Å². The summed E-state index contributed by atoms with van der Waals surface area (Å²) in [5.74, 6) is -0.0797. The molecule has 0 saturated heterocycles. The molecule has 4 nitrogen and oxygen atoms in total. The van der Waals surface area contributed by atoms with Crippen LogP contribution in [0.15, 0.2) is 60.9 Å². The van der Waals surface area contributed by atoms with Gasteiger partial charge in [0.1, 0.15) is 23.5 Å². The molecule has 1 N–H and O–H groups in total. The number of imidazole rings is 1. The number of carbonyl (C=O) groups excluding carboxylic acids is 1. The third-order valence-corrected chi connectivity index (χ3v) is 5.03. The summed E-state index contributed by atoms with van der Waals surface area (Å²) < 4.78 is 28.2. The monoisotopic (exact) mass is 367 g/mol. The maximum absolute atomic E-state index is 13.3. The van der Waals surface area contributed by atoms with Gasteiger partial charge in [-0.05, 0) is 47.7 Å². The summed E-state index contributed by atoms with van der Waals surface area (Å²) in [4.78, 5) is 17.2. The van der Waals surface area contributed by atoms with Gasteiger partial charge in [-0.15, -0.1) is 0 Å². The van der Waals surface area contributed by atoms with Gasteiger partial charge in [0.15, 0.2) is 0 Å². The van der Waals surface area contributed by atoms with Crippen molar-refractivity contribution in [1.82, 2.24) is 14.9 Å². The van der Waals surface area contributed by atoms with E-state index in [9.17, 15) is 13.6 Å². The van der Waals surface area contributed by atoms with Crippen LogP contribution in [0.3, 0.4) is 0 Å². The number of hydrogen-bond donors (Lipinski definition) is 1. The number of carbonyl (C=O) groups is 1. The first-order valence-corrected chi connectivity index (χ1v) is 8.81. The second kappa shape index (κ2) is 6.95. The fraction of sp³-hybridized carbons (Fsp3) is 0.238. The van der Waals surface area contributed by atoms with Crippen LogP contribution >= 0.6 is 0 Å². The average molecular weight is 367 g/mol. The van der Waals surface area contributed by atoms with Crippen molar-refractivity contribution in [3.8, 4) is 0 Å². The highest BCUT2D eigenvalue weighted by Crippen LogP contribution is 2.47. The molecule has 2 aromatic carbocycles. The van der Waals surface area contributed by atoms with Crippen LogP contribution in [0, 0.1) is 17.6 Å². The summed E-state index contributed by atoms with van der Waals surface area (Å²) >= 11 is 0. The minimum Gasteiger partial charge on any atom is -0.342 e. The van der Waals surface area contributed by atoms with Gasteiger partial charge in [-0.25, -0.2) is 13.8 Å². The Hall–Kier alpha value is -3.02. The Bertz CT molecular complexity index is 950. The molecule has 1 saturated carbocycles. The van der Waals surface area contributed by atoms with Crippen LogP contribution in [0.1, 0.15) is 35.3 Å². The highest BCUT2D eigenvalue weighted by atomic mass is 19.1. The fourth-order valence-corrected chi connectivity index (χ4v) is 3.42. The molecule has 1 aromatic heterocycles. The number of hydrogen-bond acceptors (Lipinski definition) is 2. The molecule has 3 aromatic rings. The molecule has 0 unspecified atom stereocenters. The summed E-state index contributed by atoms with van der Waals surface area (Å²) in [5.41, 5.74) is 1.73. The van der Waals surface area contributed by atoms with Crippen LogP contribution in [0.4, 0.5) is 8.78 Å². The Morgan fingerprint density at radius 3 is 2.33 bits per heavy atom. The normalized spacial score (nSPS) is 19.5. The highest BCUT2D eigenvalue weighted by molar-refractivity contribution is 5.83. The second-order valence-electron chi connectivity index (χ2n) is 6.89. The second-order valence-corrected chi connectivity index (χ2v) is 6.89. The molecule has 6 heteroatoms. The van der Waals surface area contributed by atoms with E-state index in [1.807, 2.05) is 11.6 Å². The number of benzene rings is 2. The molecule has 1 fully saturated rings. The quantitative estimate of drug-likeness (QED) is 0.747. The standard InChI is InChI=1S/C21H19F2N3O/c1-26-11-10-24-20(26)19(14-4-8-16(23)9-5-14)25-21(27)18-12-17(18)13-2-6-15(22)7-3-13/h2-11,17-19H,12H2,1H3,(H,25,27)/t17-,18+,19+/m0/s1. The molecule has 0 bridgehead atoms. The summed E-state index contributed by atoms with van der Waals surface area (Å²) in [6.07, 6.45) is 4.20. The topological polar surface area (TPSA) is 46.9 Å². The Morgan fingerprint density at radius 2 is 1.74 bits per heavy atom. The van der Waals surface area contributed by atoms with E-state index in [2.05, 4.69) is 10.3 Å². The molecule has 0 aliphatic heterocycles. The van der Waals surface area contributed by atoms with Crippen molar-refractivity contribution >= 4 is 5.91 Å². The van der Waals surface area contributed by atoms with Crippen molar-refractivity contribution in [2.45, 2.75) is 18.4 Å². The smallest absolute Gasteiger partial charge is 0.224 e. The molecule has 0 radical (unpaired) electrons. The summed E-state index contributed by atoms with van der Waals surface area (Å²) in [7, 11) is 1.85. The zero-order chi connectivity index (χ0) is 19.0. The van der Waals surface area contributed by atoms with Gasteiger partial charge in [-0.2, -0.15) is 0 Å². The number of nitrogens with zero attached hydrogens (tertiary/aromatic N) is 2. The largest absolute Gasteiger partial charge is 0.342 e. The minimum atomic E-state index is -0.465. The Kier molecular flexibility index (Phi) is 4.48. The van der Waals surface area contributed by atoms with Gasteiger partial charge in [-0.3, -0.25) is 4.79 Å². The third-order valence-electron chi connectivity index (χ3n) is 5.03. The fourth-order valence-electron chi connectivity index (χ4n) is 3.42. The maximum Gasteiger partial charge on any atom is 0.224 e. The molecule has 27 heavy (non-hydrogen) atoms. The van der Waals surface area contributed by atoms with E-state index < -0.39 is 6.04 Å². The van der Waals surface area contributed by atoms with Crippen LogP contribution in [-0.4, -0.2) is 15.5 Å². The Labute approximate surface area is 155 Å². The van der Waals surface area contributed by atoms with Crippen molar-refractivity contribution in [3.63, 3.8) is 0 Å². The highest BCUT2D eigenvalue weighted by Gasteiger charge is 2.44. The predicted octanol–water partition coefficient (Wildman–Crippen LogP) is 3.71. The van der Waals surface area contributed by atoms with E-state index in [1.54, 1.807) is 36.7 Å². The Balaban J connectivity index is 1.53. The molecule has 0 spiro atoms. The van der Waals surface area contributed by atoms with E-state index in [-0.39, 0.29) is 29.4 Å². The van der Waals surface area contributed by atoms with Crippen molar-refractivity contribution in [2.75, 3.05) is 0 Å². The van der Waals surface area contributed by atoms with E-state index >= 15 is 0 Å². The van der Waals surface area contributed by atoms with Crippen LogP contribution < -0.4 is 5.32 Å². The van der Waals surface area contributed by atoms with Crippen molar-refractivity contribution in [3.05, 3.63) is 89.5 Å². The lowest BCUT2D eigenvalue weighted by Gasteiger charge is -2.19. The van der Waals surface area contributed by atoms with Crippen LogP contribution in [-0.2, 0) is 11.8 Å². The zero-order valence-electron chi connectivity index (χ0n) is 14.8. The molecule has 138 valence electrons. The first kappa shape index (κ1) is 17.4. The van der Waals surface area contributed by atoms with E-state index in [0.717, 1.165) is 17.5 Å². The lowest BCUT2D eigenvalue weighted by atomic mass is 10.0. The molecule has 1 amide bonds. The number of aromatic nitrogens is 2. The first-order chi connectivity index (χ1) is 13.0. The summed E-state index contributed by atoms with van der Waals surface area (Å²) in [6.45, 7) is 0. The molecular formula is C21H19F2N3O. The van der Waals surface area contributed by atoms with Gasteiger partial charge in [0.2, 0.25) is 5.91 Å². The summed E-state index contributed by atoms with van der Waals surface area (Å²) in [6, 6.07) is 11.9. The van der Waals surface area contributed by atoms with Gasteiger partial charge in [0.05, 0.1) is 0 Å².